The van der Waals surface area contributed by atoms with Crippen molar-refractivity contribution in [1.29, 1.82) is 0 Å². The lowest BCUT2D eigenvalue weighted by molar-refractivity contribution is 0.182. The second kappa shape index (κ2) is 7.61. The van der Waals surface area contributed by atoms with Gasteiger partial charge in [-0.25, -0.2) is 4.79 Å². The Kier molecular flexibility index (Phi) is 5.30. The number of amides is 2. The van der Waals surface area contributed by atoms with E-state index in [9.17, 15) is 4.79 Å². The lowest BCUT2D eigenvalue weighted by Crippen LogP contribution is -2.51. The number of likely N-dealkylation sites (N-methyl/N-ethyl adjacent to an activating group) is 1. The minimum Gasteiger partial charge on any atom is -0.353 e. The van der Waals surface area contributed by atoms with Gasteiger partial charge in [0, 0.05) is 32.9 Å². The number of carbonyl (C=O) groups excluding carboxylic acids is 1. The number of aryl methyl sites for hydroxylation is 1. The van der Waals surface area contributed by atoms with Crippen molar-refractivity contribution in [3.05, 3.63) is 40.2 Å². The number of piperidine rings is 1. The molecule has 7 heteroatoms. The summed E-state index contributed by atoms with van der Waals surface area (Å²) in [5, 5.41) is 15.3. The van der Waals surface area contributed by atoms with Crippen LogP contribution in [0.1, 0.15) is 24.0 Å². The van der Waals surface area contributed by atoms with E-state index in [2.05, 4.69) is 38.1 Å². The highest BCUT2D eigenvalue weighted by Crippen LogP contribution is 2.20. The predicted octanol–water partition coefficient (Wildman–Crippen LogP) is 2.66. The highest BCUT2D eigenvalue weighted by Gasteiger charge is 2.26. The van der Waals surface area contributed by atoms with Crippen molar-refractivity contribution in [3.63, 3.8) is 0 Å². The number of urea groups is 1. The summed E-state index contributed by atoms with van der Waals surface area (Å²) < 4.78 is 0. The smallest absolute Gasteiger partial charge is 0.317 e. The number of aromatic nitrogens is 2. The van der Waals surface area contributed by atoms with Crippen LogP contribution in [0, 0.1) is 6.92 Å². The van der Waals surface area contributed by atoms with Crippen LogP contribution >= 0.6 is 11.3 Å². The Bertz CT molecular complexity index is 675. The van der Waals surface area contributed by atoms with Gasteiger partial charge in [-0.3, -0.25) is 0 Å². The normalized spacial score (nSPS) is 17.6. The van der Waals surface area contributed by atoms with Crippen LogP contribution in [0.15, 0.2) is 29.1 Å². The molecule has 0 saturated carbocycles. The average molecular weight is 345 g/mol. The van der Waals surface area contributed by atoms with Crippen LogP contribution in [0.2, 0.25) is 0 Å². The molecule has 24 heavy (non-hydrogen) atoms. The number of nitrogens with zero attached hydrogens (tertiary/aromatic N) is 4. The van der Waals surface area contributed by atoms with Crippen LogP contribution in [0.5, 0.6) is 0 Å². The number of hydrogen-bond donors (Lipinski definition) is 1. The summed E-state index contributed by atoms with van der Waals surface area (Å²) in [6.45, 7) is 4.40. The Labute approximate surface area is 146 Å². The molecule has 6 nitrogen and oxygen atoms in total. The number of thiophene rings is 1. The fraction of sp³-hybridized carbons (Fsp3) is 0.471. The zero-order chi connectivity index (χ0) is 16.9. The van der Waals surface area contributed by atoms with E-state index in [4.69, 9.17) is 0 Å². The van der Waals surface area contributed by atoms with Gasteiger partial charge in [0.25, 0.3) is 0 Å². The van der Waals surface area contributed by atoms with E-state index in [0.717, 1.165) is 31.7 Å². The van der Waals surface area contributed by atoms with E-state index in [1.54, 1.807) is 17.5 Å². The fourth-order valence-corrected chi connectivity index (χ4v) is 3.83. The first-order valence-electron chi connectivity index (χ1n) is 8.20. The maximum Gasteiger partial charge on any atom is 0.317 e. The zero-order valence-electron chi connectivity index (χ0n) is 14.1. The van der Waals surface area contributed by atoms with E-state index in [0.29, 0.717) is 6.54 Å². The molecule has 0 aromatic carbocycles. The van der Waals surface area contributed by atoms with Crippen molar-refractivity contribution in [2.24, 2.45) is 0 Å². The summed E-state index contributed by atoms with van der Waals surface area (Å²) in [6, 6.07) is 4.02. The topological polar surface area (TPSA) is 61.4 Å². The quantitative estimate of drug-likeness (QED) is 0.925. The molecule has 0 spiro atoms. The molecule has 3 rings (SSSR count). The molecule has 1 aliphatic heterocycles. The minimum atomic E-state index is -0.0217. The molecule has 0 radical (unpaired) electrons. The van der Waals surface area contributed by atoms with Gasteiger partial charge in [-0.15, -0.1) is 5.10 Å². The number of carbonyl (C=O) groups is 1. The molecule has 0 aliphatic carbocycles. The van der Waals surface area contributed by atoms with E-state index in [1.807, 2.05) is 24.1 Å². The van der Waals surface area contributed by atoms with Crippen LogP contribution in [-0.2, 0) is 6.54 Å². The number of rotatable bonds is 4. The Morgan fingerprint density at radius 1 is 1.50 bits per heavy atom. The van der Waals surface area contributed by atoms with Crippen LogP contribution in [0.3, 0.4) is 0 Å². The third-order valence-electron chi connectivity index (χ3n) is 4.54. The third-order valence-corrected chi connectivity index (χ3v) is 5.45. The second-order valence-electron chi connectivity index (χ2n) is 6.17. The summed E-state index contributed by atoms with van der Waals surface area (Å²) in [5.74, 6) is 0.880. The molecule has 2 amide bonds. The zero-order valence-corrected chi connectivity index (χ0v) is 14.9. The Morgan fingerprint density at radius 3 is 3.08 bits per heavy atom. The molecular formula is C17H23N5OS. The first-order valence-corrected chi connectivity index (χ1v) is 9.14. The van der Waals surface area contributed by atoms with E-state index in [1.165, 1.54) is 11.1 Å². The van der Waals surface area contributed by atoms with Crippen LogP contribution in [0.25, 0.3) is 0 Å². The summed E-state index contributed by atoms with van der Waals surface area (Å²) in [7, 11) is 1.88. The molecule has 3 heterocycles. The molecule has 2 aromatic rings. The highest BCUT2D eigenvalue weighted by molar-refractivity contribution is 7.08. The number of anilines is 1. The standard InChI is InChI=1S/C17H23N5OS/c1-13-11-24-12-14(13)9-18-17(23)21(2)15-5-4-8-22(10-15)16-6-3-7-19-20-16/h3,6-7,11-12,15H,4-5,8-10H2,1-2H3,(H,18,23)/t15-/m1/s1. The predicted molar refractivity (Wildman–Crippen MR) is 96.3 cm³/mol. The number of nitrogens with one attached hydrogen (secondary N) is 1. The van der Waals surface area contributed by atoms with Crippen molar-refractivity contribution in [2.75, 3.05) is 25.0 Å². The molecule has 1 fully saturated rings. The molecule has 2 aromatic heterocycles. The Balaban J connectivity index is 1.56. The first-order chi connectivity index (χ1) is 11.6. The highest BCUT2D eigenvalue weighted by atomic mass is 32.1. The van der Waals surface area contributed by atoms with E-state index < -0.39 is 0 Å². The second-order valence-corrected chi connectivity index (χ2v) is 6.92. The SMILES string of the molecule is Cc1cscc1CNC(=O)N(C)[C@@H]1CCCN(c2cccnn2)C1. The molecule has 128 valence electrons. The molecular weight excluding hydrogens is 322 g/mol. The minimum absolute atomic E-state index is 0.0217. The lowest BCUT2D eigenvalue weighted by Gasteiger charge is -2.37. The van der Waals surface area contributed by atoms with Gasteiger partial charge in [-0.05, 0) is 53.8 Å². The van der Waals surface area contributed by atoms with Crippen molar-refractivity contribution < 1.29 is 4.79 Å². The van der Waals surface area contributed by atoms with Crippen molar-refractivity contribution >= 4 is 23.2 Å². The van der Waals surface area contributed by atoms with Crippen LogP contribution < -0.4 is 10.2 Å². The Hall–Kier alpha value is -2.15. The Morgan fingerprint density at radius 2 is 2.38 bits per heavy atom. The molecule has 1 atom stereocenters. The van der Waals surface area contributed by atoms with Crippen molar-refractivity contribution in [1.82, 2.24) is 20.4 Å². The fourth-order valence-electron chi connectivity index (χ4n) is 2.97. The van der Waals surface area contributed by atoms with Gasteiger partial charge in [-0.2, -0.15) is 16.4 Å². The molecule has 0 unspecified atom stereocenters. The molecule has 1 aliphatic rings. The number of hydrogen-bond acceptors (Lipinski definition) is 5. The maximum atomic E-state index is 12.5. The summed E-state index contributed by atoms with van der Waals surface area (Å²) >= 11 is 1.67. The average Bonchev–Trinajstić information content (AvgIpc) is 3.05. The van der Waals surface area contributed by atoms with Gasteiger partial charge < -0.3 is 15.1 Å². The van der Waals surface area contributed by atoms with Crippen LogP contribution in [0.4, 0.5) is 10.6 Å². The maximum absolute atomic E-state index is 12.5. The monoisotopic (exact) mass is 345 g/mol. The summed E-state index contributed by atoms with van der Waals surface area (Å²) in [5.41, 5.74) is 2.42. The largest absolute Gasteiger partial charge is 0.353 e. The summed E-state index contributed by atoms with van der Waals surface area (Å²) in [6.07, 6.45) is 3.73. The molecule has 1 N–H and O–H groups in total. The van der Waals surface area contributed by atoms with Gasteiger partial charge in [0.15, 0.2) is 5.82 Å². The van der Waals surface area contributed by atoms with E-state index in [-0.39, 0.29) is 12.1 Å². The van der Waals surface area contributed by atoms with Crippen LogP contribution in [-0.4, -0.2) is 47.3 Å². The van der Waals surface area contributed by atoms with Crippen molar-refractivity contribution in [3.8, 4) is 0 Å². The van der Waals surface area contributed by atoms with Gasteiger partial charge in [-0.1, -0.05) is 0 Å². The third kappa shape index (κ3) is 3.84. The van der Waals surface area contributed by atoms with Gasteiger partial charge in [0.05, 0.1) is 6.04 Å². The first kappa shape index (κ1) is 16.7. The molecule has 1 saturated heterocycles. The molecule has 0 bridgehead atoms. The van der Waals surface area contributed by atoms with E-state index >= 15 is 0 Å². The summed E-state index contributed by atoms with van der Waals surface area (Å²) in [4.78, 5) is 16.5. The van der Waals surface area contributed by atoms with Gasteiger partial charge in [0.1, 0.15) is 0 Å². The van der Waals surface area contributed by atoms with Gasteiger partial charge >= 0.3 is 6.03 Å². The lowest BCUT2D eigenvalue weighted by atomic mass is 10.0. The van der Waals surface area contributed by atoms with Crippen molar-refractivity contribution in [2.45, 2.75) is 32.4 Å². The van der Waals surface area contributed by atoms with Gasteiger partial charge in [0.2, 0.25) is 0 Å².